The van der Waals surface area contributed by atoms with Gasteiger partial charge >= 0.3 is 6.01 Å². The van der Waals surface area contributed by atoms with Crippen molar-refractivity contribution >= 4 is 40.0 Å². The summed E-state index contributed by atoms with van der Waals surface area (Å²) < 4.78 is 12.0. The summed E-state index contributed by atoms with van der Waals surface area (Å²) in [5.74, 6) is 0.438. The fraction of sp³-hybridized carbons (Fsp3) is 0.182. The zero-order valence-electron chi connectivity index (χ0n) is 17.2. The van der Waals surface area contributed by atoms with E-state index in [2.05, 4.69) is 42.9 Å². The van der Waals surface area contributed by atoms with Crippen molar-refractivity contribution in [2.24, 2.45) is 0 Å². The summed E-state index contributed by atoms with van der Waals surface area (Å²) in [7, 11) is 3.08. The Balaban J connectivity index is 1.76. The number of nitrogens with one attached hydrogen (secondary N) is 1. The number of amides is 1. The summed E-state index contributed by atoms with van der Waals surface area (Å²) in [5.41, 5.74) is 5.37. The molecule has 0 saturated heterocycles. The number of carbonyl (C=O) groups is 1. The first-order chi connectivity index (χ1) is 15.0. The summed E-state index contributed by atoms with van der Waals surface area (Å²) in [6, 6.07) is 14.2. The van der Waals surface area contributed by atoms with Gasteiger partial charge in [0, 0.05) is 11.9 Å². The number of imidazole rings is 1. The van der Waals surface area contributed by atoms with Gasteiger partial charge in [0.2, 0.25) is 12.3 Å². The highest BCUT2D eigenvalue weighted by Crippen LogP contribution is 2.33. The summed E-state index contributed by atoms with van der Waals surface area (Å²) in [6.07, 6.45) is 4.17. The quantitative estimate of drug-likeness (QED) is 0.169. The average molecular weight is 529 g/mol. The van der Waals surface area contributed by atoms with Crippen LogP contribution in [0.5, 0.6) is 11.9 Å². The van der Waals surface area contributed by atoms with E-state index in [1.54, 1.807) is 19.6 Å². The summed E-state index contributed by atoms with van der Waals surface area (Å²) in [4.78, 5) is 24.0. The summed E-state index contributed by atoms with van der Waals surface area (Å²) in [5, 5.41) is 2.82. The lowest BCUT2D eigenvalue weighted by molar-refractivity contribution is -0.110. The van der Waals surface area contributed by atoms with E-state index in [1.807, 2.05) is 54.0 Å². The highest BCUT2D eigenvalue weighted by atomic mass is 127. The van der Waals surface area contributed by atoms with Gasteiger partial charge in [-0.05, 0) is 64.9 Å². The number of hydrogen-bond donors (Lipinski definition) is 1. The van der Waals surface area contributed by atoms with Gasteiger partial charge in [0.05, 0.1) is 30.8 Å². The van der Waals surface area contributed by atoms with Crippen molar-refractivity contribution in [1.29, 1.82) is 0 Å². The van der Waals surface area contributed by atoms with Crippen LogP contribution in [0.1, 0.15) is 12.5 Å². The van der Waals surface area contributed by atoms with Crippen molar-refractivity contribution in [3.05, 3.63) is 60.6 Å². The molecular weight excluding hydrogens is 509 g/mol. The molecule has 0 spiro atoms. The third kappa shape index (κ3) is 4.05. The van der Waals surface area contributed by atoms with E-state index in [0.717, 1.165) is 33.4 Å². The van der Waals surface area contributed by atoms with Crippen LogP contribution in [0, 0.1) is 0 Å². The lowest BCUT2D eigenvalue weighted by Gasteiger charge is -2.22. The minimum Gasteiger partial charge on any atom is -0.480 e. The van der Waals surface area contributed by atoms with Gasteiger partial charge in [-0.1, -0.05) is 18.2 Å². The van der Waals surface area contributed by atoms with Gasteiger partial charge in [0.1, 0.15) is 9.87 Å². The number of hydrogen-bond acceptors (Lipinski definition) is 6. The molecule has 8 nitrogen and oxygen atoms in total. The topological polar surface area (TPSA) is 91.2 Å². The minimum atomic E-state index is -0.512. The van der Waals surface area contributed by atoms with Gasteiger partial charge in [-0.25, -0.2) is 9.97 Å². The number of alkyl halides is 1. The number of rotatable bonds is 7. The van der Waals surface area contributed by atoms with E-state index in [0.29, 0.717) is 12.3 Å². The van der Waals surface area contributed by atoms with E-state index in [1.165, 1.54) is 7.11 Å². The van der Waals surface area contributed by atoms with Gasteiger partial charge in [0.15, 0.2) is 0 Å². The molecule has 0 aliphatic carbocycles. The first-order valence-electron chi connectivity index (χ1n) is 9.40. The van der Waals surface area contributed by atoms with Crippen LogP contribution >= 0.6 is 22.6 Å². The number of aromatic nitrogens is 4. The smallest absolute Gasteiger partial charge is 0.319 e. The molecule has 0 aliphatic rings. The predicted octanol–water partition coefficient (Wildman–Crippen LogP) is 3.85. The zero-order valence-corrected chi connectivity index (χ0v) is 19.3. The molecule has 1 atom stereocenters. The Hall–Kier alpha value is -3.21. The van der Waals surface area contributed by atoms with E-state index in [9.17, 15) is 4.79 Å². The molecule has 0 fully saturated rings. The number of fused-ring (bicyclic) bond motifs is 1. The molecule has 1 amide bonds. The molecule has 2 aromatic carbocycles. The first kappa shape index (κ1) is 21.0. The van der Waals surface area contributed by atoms with Gasteiger partial charge in [-0.2, -0.15) is 4.98 Å². The van der Waals surface area contributed by atoms with Crippen LogP contribution < -0.4 is 14.8 Å². The Morgan fingerprint density at radius 1 is 1.13 bits per heavy atom. The second-order valence-electron chi connectivity index (χ2n) is 6.91. The van der Waals surface area contributed by atoms with Gasteiger partial charge in [-0.3, -0.25) is 9.36 Å². The molecule has 0 bridgehead atoms. The molecule has 31 heavy (non-hydrogen) atoms. The molecule has 4 rings (SSSR count). The van der Waals surface area contributed by atoms with Crippen molar-refractivity contribution in [2.45, 2.75) is 10.5 Å². The molecular formula is C22H20IN5O3. The molecule has 4 aromatic rings. The second kappa shape index (κ2) is 8.50. The number of nitrogens with zero attached hydrogens (tertiary/aromatic N) is 4. The highest BCUT2D eigenvalue weighted by molar-refractivity contribution is 14.1. The number of methoxy groups -OCH3 is 2. The Labute approximate surface area is 192 Å². The Bertz CT molecular complexity index is 1260. The van der Waals surface area contributed by atoms with Gasteiger partial charge < -0.3 is 14.8 Å². The zero-order chi connectivity index (χ0) is 22.0. The minimum absolute atomic E-state index is 0.250. The third-order valence-electron chi connectivity index (χ3n) is 4.96. The van der Waals surface area contributed by atoms with Crippen molar-refractivity contribution in [2.75, 3.05) is 14.2 Å². The van der Waals surface area contributed by atoms with Crippen molar-refractivity contribution < 1.29 is 14.3 Å². The van der Waals surface area contributed by atoms with Crippen molar-refractivity contribution in [1.82, 2.24) is 24.8 Å². The number of benzene rings is 2. The van der Waals surface area contributed by atoms with Crippen LogP contribution in [0.3, 0.4) is 0 Å². The molecule has 2 heterocycles. The van der Waals surface area contributed by atoms with Crippen LogP contribution in [-0.2, 0) is 8.34 Å². The fourth-order valence-electron chi connectivity index (χ4n) is 3.33. The predicted molar refractivity (Wildman–Crippen MR) is 126 cm³/mol. The third-order valence-corrected chi connectivity index (χ3v) is 5.90. The Morgan fingerprint density at radius 2 is 1.97 bits per heavy atom. The van der Waals surface area contributed by atoms with Crippen LogP contribution in [0.15, 0.2) is 55.0 Å². The average Bonchev–Trinajstić information content (AvgIpc) is 3.22. The number of carbonyl (C=O) groups excluding carboxylic acids is 1. The van der Waals surface area contributed by atoms with E-state index in [4.69, 9.17) is 9.47 Å². The maximum atomic E-state index is 10.9. The Morgan fingerprint density at radius 3 is 2.71 bits per heavy atom. The molecule has 0 aliphatic heterocycles. The standard InChI is InChI=1S/C22H20IN5O3/c1-22(23,26-13-29)15-7-8-19-18(10-15)25-12-28(19)16-6-4-5-14(9-16)17-11-24-21(31-3)27-20(17)30-2/h4-13H,1-3H3,(H,26,29). The monoisotopic (exact) mass is 529 g/mol. The summed E-state index contributed by atoms with van der Waals surface area (Å²) in [6.45, 7) is 1.94. The van der Waals surface area contributed by atoms with Crippen LogP contribution in [0.2, 0.25) is 0 Å². The van der Waals surface area contributed by atoms with E-state index in [-0.39, 0.29) is 6.01 Å². The number of ether oxygens (including phenoxy) is 2. The van der Waals surface area contributed by atoms with Gasteiger partial charge in [0.25, 0.3) is 0 Å². The normalized spacial score (nSPS) is 12.9. The van der Waals surface area contributed by atoms with Gasteiger partial charge in [-0.15, -0.1) is 0 Å². The summed E-state index contributed by atoms with van der Waals surface area (Å²) >= 11 is 2.21. The molecule has 1 unspecified atom stereocenters. The van der Waals surface area contributed by atoms with Crippen molar-refractivity contribution in [3.63, 3.8) is 0 Å². The fourth-order valence-corrected chi connectivity index (χ4v) is 3.79. The van der Waals surface area contributed by atoms with Crippen LogP contribution in [-0.4, -0.2) is 40.1 Å². The molecule has 0 radical (unpaired) electrons. The SMILES string of the molecule is COc1ncc(-c2cccc(-n3cnc4cc(C(C)(I)NC=O)ccc43)c2)c(OC)n1. The second-order valence-corrected chi connectivity index (χ2v) is 9.07. The molecule has 1 N–H and O–H groups in total. The maximum absolute atomic E-state index is 10.9. The lowest BCUT2D eigenvalue weighted by atomic mass is 10.1. The molecule has 158 valence electrons. The Kier molecular flexibility index (Phi) is 5.77. The maximum Gasteiger partial charge on any atom is 0.319 e. The first-order valence-corrected chi connectivity index (χ1v) is 10.5. The highest BCUT2D eigenvalue weighted by Gasteiger charge is 2.22. The van der Waals surface area contributed by atoms with E-state index < -0.39 is 3.55 Å². The van der Waals surface area contributed by atoms with E-state index >= 15 is 0 Å². The van der Waals surface area contributed by atoms with Crippen LogP contribution in [0.25, 0.3) is 27.8 Å². The van der Waals surface area contributed by atoms with Crippen LogP contribution in [0.4, 0.5) is 0 Å². The largest absolute Gasteiger partial charge is 0.480 e. The van der Waals surface area contributed by atoms with Crippen molar-refractivity contribution in [3.8, 4) is 28.7 Å². The number of halogens is 1. The molecule has 9 heteroatoms. The molecule has 2 aromatic heterocycles. The molecule has 0 saturated carbocycles. The lowest BCUT2D eigenvalue weighted by Crippen LogP contribution is -2.31.